The lowest BCUT2D eigenvalue weighted by molar-refractivity contribution is -0.137. The molecule has 1 aliphatic carbocycles. The van der Waals surface area contributed by atoms with Gasteiger partial charge in [0.1, 0.15) is 5.82 Å². The predicted octanol–water partition coefficient (Wildman–Crippen LogP) is 0.974. The number of nitrogens with two attached hydrogens (primary N) is 1. The Morgan fingerprint density at radius 2 is 1.68 bits per heavy atom. The van der Waals surface area contributed by atoms with E-state index in [1.165, 1.54) is 23.2 Å². The van der Waals surface area contributed by atoms with Gasteiger partial charge in [0.05, 0.1) is 11.2 Å². The number of fused-ring (bicyclic) bond motifs is 1. The molecule has 0 spiro atoms. The lowest BCUT2D eigenvalue weighted by atomic mass is 10.0. The zero-order valence-corrected chi connectivity index (χ0v) is 24.0. The molecule has 0 bridgehead atoms. The predicted molar refractivity (Wildman–Crippen MR) is 154 cm³/mol. The topological polar surface area (TPSA) is 129 Å². The number of carbonyl (C=O) groups is 2. The fourth-order valence-electron chi connectivity index (χ4n) is 6.22. The molecule has 3 heterocycles. The summed E-state index contributed by atoms with van der Waals surface area (Å²) in [6, 6.07) is 9.78. The maximum absolute atomic E-state index is 12.8. The first kappa shape index (κ1) is 28.3. The highest BCUT2D eigenvalue weighted by Crippen LogP contribution is 2.51. The van der Waals surface area contributed by atoms with E-state index in [1.807, 2.05) is 19.2 Å². The van der Waals surface area contributed by atoms with Crippen LogP contribution in [0.3, 0.4) is 0 Å². The van der Waals surface area contributed by atoms with Crippen molar-refractivity contribution in [3.8, 4) is 5.69 Å². The SMILES string of the molecule is CNCC1C2CN(C(C)Cc3ccc(-n4ccc(NC(=O)N5CCN(C(=O)C(C)(C)N)CC5)nc4=O)cc3)CC12. The van der Waals surface area contributed by atoms with Crippen LogP contribution in [0.25, 0.3) is 5.69 Å². The van der Waals surface area contributed by atoms with Crippen molar-refractivity contribution in [1.29, 1.82) is 0 Å². The Labute approximate surface area is 235 Å². The number of piperazine rings is 1. The Bertz CT molecular complexity index is 1270. The summed E-state index contributed by atoms with van der Waals surface area (Å²) in [4.78, 5) is 47.8. The van der Waals surface area contributed by atoms with Gasteiger partial charge in [-0.25, -0.2) is 9.59 Å². The van der Waals surface area contributed by atoms with Gasteiger partial charge < -0.3 is 20.9 Å². The number of nitrogens with one attached hydrogen (secondary N) is 2. The van der Waals surface area contributed by atoms with Crippen LogP contribution >= 0.6 is 0 Å². The zero-order chi connectivity index (χ0) is 28.6. The molecule has 3 unspecified atom stereocenters. The van der Waals surface area contributed by atoms with E-state index in [0.29, 0.717) is 32.2 Å². The van der Waals surface area contributed by atoms with Crippen LogP contribution in [0.1, 0.15) is 26.3 Å². The van der Waals surface area contributed by atoms with E-state index in [4.69, 9.17) is 5.73 Å². The molecule has 2 saturated heterocycles. The summed E-state index contributed by atoms with van der Waals surface area (Å²) in [6.45, 7) is 10.8. The molecule has 216 valence electrons. The largest absolute Gasteiger partial charge is 0.354 e. The van der Waals surface area contributed by atoms with Gasteiger partial charge in [-0.15, -0.1) is 0 Å². The molecule has 11 heteroatoms. The van der Waals surface area contributed by atoms with E-state index in [-0.39, 0.29) is 17.8 Å². The summed E-state index contributed by atoms with van der Waals surface area (Å²) in [5.41, 5.74) is 6.48. The third-order valence-corrected chi connectivity index (χ3v) is 8.65. The van der Waals surface area contributed by atoms with E-state index < -0.39 is 11.2 Å². The molecule has 2 aliphatic heterocycles. The maximum Gasteiger partial charge on any atom is 0.354 e. The number of piperidine rings is 1. The van der Waals surface area contributed by atoms with Gasteiger partial charge in [0.2, 0.25) is 5.91 Å². The van der Waals surface area contributed by atoms with Crippen molar-refractivity contribution in [2.75, 3.05) is 58.2 Å². The summed E-state index contributed by atoms with van der Waals surface area (Å²) >= 11 is 0. The molecule has 40 heavy (non-hydrogen) atoms. The molecular weight excluding hydrogens is 508 g/mol. The fraction of sp³-hybridized carbons (Fsp3) is 0.586. The van der Waals surface area contributed by atoms with E-state index >= 15 is 0 Å². The standard InChI is InChI=1S/C29H42N8O3/c1-19(36-17-23-22(16-31-4)24(23)18-36)15-20-5-7-21(8-6-20)37-10-9-25(33-28(37)40)32-27(39)35-13-11-34(12-14-35)26(38)29(2,3)30/h5-10,19,22-24,31H,11-18,30H2,1-4H3,(H,32,33,39,40). The number of likely N-dealkylation sites (tertiary alicyclic amines) is 1. The number of hydrogen-bond donors (Lipinski definition) is 3. The fourth-order valence-corrected chi connectivity index (χ4v) is 6.22. The number of aromatic nitrogens is 2. The number of urea groups is 1. The van der Waals surface area contributed by atoms with E-state index in [0.717, 1.165) is 36.4 Å². The van der Waals surface area contributed by atoms with Crippen LogP contribution in [-0.4, -0.2) is 101 Å². The molecule has 4 N–H and O–H groups in total. The second-order valence-electron chi connectivity index (χ2n) is 12.1. The minimum Gasteiger partial charge on any atom is -0.338 e. The molecular formula is C29H42N8O3. The number of amides is 3. The van der Waals surface area contributed by atoms with E-state index in [1.54, 1.807) is 35.9 Å². The van der Waals surface area contributed by atoms with Crippen molar-refractivity contribution in [3.63, 3.8) is 0 Å². The molecule has 11 nitrogen and oxygen atoms in total. The first-order valence-electron chi connectivity index (χ1n) is 14.3. The van der Waals surface area contributed by atoms with Gasteiger partial charge >= 0.3 is 11.7 Å². The van der Waals surface area contributed by atoms with Crippen LogP contribution in [0.4, 0.5) is 10.6 Å². The second-order valence-corrected chi connectivity index (χ2v) is 12.1. The van der Waals surface area contributed by atoms with Gasteiger partial charge in [0.25, 0.3) is 0 Å². The average Bonchev–Trinajstić information content (AvgIpc) is 3.35. The van der Waals surface area contributed by atoms with Crippen molar-refractivity contribution in [3.05, 3.63) is 52.6 Å². The Kier molecular flexibility index (Phi) is 7.98. The molecule has 1 aromatic heterocycles. The average molecular weight is 551 g/mol. The van der Waals surface area contributed by atoms with Crippen LogP contribution < -0.4 is 22.1 Å². The van der Waals surface area contributed by atoms with Gasteiger partial charge in [-0.2, -0.15) is 4.98 Å². The highest BCUT2D eigenvalue weighted by Gasteiger charge is 2.55. The Hall–Kier alpha value is -3.28. The minimum absolute atomic E-state index is 0.137. The van der Waals surface area contributed by atoms with Crippen LogP contribution in [0, 0.1) is 17.8 Å². The highest BCUT2D eigenvalue weighted by molar-refractivity contribution is 5.89. The van der Waals surface area contributed by atoms with Gasteiger partial charge in [0.15, 0.2) is 0 Å². The van der Waals surface area contributed by atoms with Gasteiger partial charge in [0, 0.05) is 51.5 Å². The Morgan fingerprint density at radius 3 is 2.25 bits per heavy atom. The lowest BCUT2D eigenvalue weighted by Crippen LogP contribution is -2.58. The van der Waals surface area contributed by atoms with Gasteiger partial charge in [-0.1, -0.05) is 12.1 Å². The van der Waals surface area contributed by atoms with E-state index in [9.17, 15) is 14.4 Å². The van der Waals surface area contributed by atoms with Gasteiger partial charge in [-0.05, 0) is 82.3 Å². The first-order chi connectivity index (χ1) is 19.0. The summed E-state index contributed by atoms with van der Waals surface area (Å²) in [6.07, 6.45) is 2.60. The number of benzene rings is 1. The minimum atomic E-state index is -0.943. The quantitative estimate of drug-likeness (QED) is 0.447. The normalized spacial score (nSPS) is 23.6. The van der Waals surface area contributed by atoms with Crippen LogP contribution in [0.5, 0.6) is 0 Å². The smallest absolute Gasteiger partial charge is 0.338 e. The lowest BCUT2D eigenvalue weighted by Gasteiger charge is -2.37. The van der Waals surface area contributed by atoms with Crippen molar-refractivity contribution >= 4 is 17.8 Å². The first-order valence-corrected chi connectivity index (χ1v) is 14.3. The van der Waals surface area contributed by atoms with Gasteiger partial charge in [-0.3, -0.25) is 19.6 Å². The number of hydrogen-bond acceptors (Lipinski definition) is 7. The molecule has 5 rings (SSSR count). The van der Waals surface area contributed by atoms with E-state index in [2.05, 4.69) is 39.6 Å². The maximum atomic E-state index is 12.8. The van der Waals surface area contributed by atoms with Crippen LogP contribution in [0.2, 0.25) is 0 Å². The van der Waals surface area contributed by atoms with Crippen molar-refractivity contribution < 1.29 is 9.59 Å². The summed E-state index contributed by atoms with van der Waals surface area (Å²) in [7, 11) is 2.04. The number of carbonyl (C=O) groups excluding carboxylic acids is 2. The van der Waals surface area contributed by atoms with Crippen molar-refractivity contribution in [1.82, 2.24) is 29.6 Å². The number of rotatable bonds is 8. The third kappa shape index (κ3) is 6.06. The monoisotopic (exact) mass is 550 g/mol. The van der Waals surface area contributed by atoms with Crippen molar-refractivity contribution in [2.24, 2.45) is 23.5 Å². The molecule has 0 radical (unpaired) electrons. The molecule has 3 fully saturated rings. The molecule has 1 saturated carbocycles. The molecule has 3 atom stereocenters. The second kappa shape index (κ2) is 11.3. The molecule has 2 aromatic rings. The van der Waals surface area contributed by atoms with Crippen LogP contribution in [0.15, 0.2) is 41.3 Å². The Balaban J connectivity index is 1.12. The Morgan fingerprint density at radius 1 is 1.05 bits per heavy atom. The summed E-state index contributed by atoms with van der Waals surface area (Å²) in [5, 5.41) is 6.02. The molecule has 1 aromatic carbocycles. The number of anilines is 1. The zero-order valence-electron chi connectivity index (χ0n) is 24.0. The molecule has 3 aliphatic rings. The van der Waals surface area contributed by atoms with Crippen molar-refractivity contribution in [2.45, 2.75) is 38.8 Å². The summed E-state index contributed by atoms with van der Waals surface area (Å²) < 4.78 is 1.47. The molecule has 3 amide bonds. The third-order valence-electron chi connectivity index (χ3n) is 8.65. The van der Waals surface area contributed by atoms with Crippen LogP contribution in [-0.2, 0) is 11.2 Å². The summed E-state index contributed by atoms with van der Waals surface area (Å²) in [5.74, 6) is 2.63. The highest BCUT2D eigenvalue weighted by atomic mass is 16.2. The number of nitrogens with zero attached hydrogens (tertiary/aromatic N) is 5.